The number of esters is 1. The Labute approximate surface area is 122 Å². The van der Waals surface area contributed by atoms with Crippen molar-refractivity contribution in [3.05, 3.63) is 51.5 Å². The highest BCUT2D eigenvalue weighted by molar-refractivity contribution is 7.09. The minimum atomic E-state index is -0.143. The molecule has 1 aliphatic rings. The first-order valence-electron chi connectivity index (χ1n) is 6.95. The molecule has 3 nitrogen and oxygen atoms in total. The van der Waals surface area contributed by atoms with E-state index >= 15 is 0 Å². The highest BCUT2D eigenvalue weighted by Crippen LogP contribution is 2.40. The quantitative estimate of drug-likeness (QED) is 0.792. The molecule has 20 heavy (non-hydrogen) atoms. The topological polar surface area (TPSA) is 39.2 Å². The molecule has 4 heteroatoms. The van der Waals surface area contributed by atoms with Gasteiger partial charge in [-0.2, -0.15) is 0 Å². The van der Waals surface area contributed by atoms with Crippen molar-refractivity contribution in [3.8, 4) is 0 Å². The first-order chi connectivity index (χ1) is 9.78. The van der Waals surface area contributed by atoms with Gasteiger partial charge in [0, 0.05) is 17.7 Å². The third-order valence-corrected chi connectivity index (χ3v) is 4.62. The van der Waals surface area contributed by atoms with E-state index in [1.807, 2.05) is 6.92 Å². The number of thiazole rings is 1. The number of fused-ring (bicyclic) bond motifs is 1. The van der Waals surface area contributed by atoms with E-state index in [2.05, 4.69) is 34.6 Å². The van der Waals surface area contributed by atoms with Gasteiger partial charge in [-0.3, -0.25) is 4.79 Å². The average molecular weight is 287 g/mol. The molecule has 0 amide bonds. The van der Waals surface area contributed by atoms with Crippen molar-refractivity contribution < 1.29 is 9.53 Å². The van der Waals surface area contributed by atoms with Gasteiger partial charge in [-0.15, -0.1) is 11.3 Å². The summed E-state index contributed by atoms with van der Waals surface area (Å²) in [5, 5.41) is 3.23. The van der Waals surface area contributed by atoms with Crippen LogP contribution < -0.4 is 0 Å². The minimum absolute atomic E-state index is 0.143. The van der Waals surface area contributed by atoms with Crippen molar-refractivity contribution in [3.63, 3.8) is 0 Å². The largest absolute Gasteiger partial charge is 0.466 e. The molecule has 1 unspecified atom stereocenters. The average Bonchev–Trinajstić information content (AvgIpc) is 2.87. The molecule has 0 aliphatic heterocycles. The Morgan fingerprint density at radius 3 is 3.10 bits per heavy atom. The van der Waals surface area contributed by atoms with Crippen molar-refractivity contribution in [1.29, 1.82) is 0 Å². The van der Waals surface area contributed by atoms with Gasteiger partial charge in [-0.05, 0) is 24.5 Å². The smallest absolute Gasteiger partial charge is 0.306 e. The summed E-state index contributed by atoms with van der Waals surface area (Å²) < 4.78 is 4.93. The molecule has 1 aliphatic carbocycles. The number of hydrogen-bond acceptors (Lipinski definition) is 4. The molecule has 104 valence electrons. The molecule has 1 aromatic heterocycles. The Morgan fingerprint density at radius 1 is 1.45 bits per heavy atom. The van der Waals surface area contributed by atoms with E-state index in [1.165, 1.54) is 16.1 Å². The summed E-state index contributed by atoms with van der Waals surface area (Å²) in [7, 11) is 0. The fraction of sp³-hybridized carbons (Fsp3) is 0.375. The van der Waals surface area contributed by atoms with Crippen LogP contribution >= 0.6 is 11.3 Å². The van der Waals surface area contributed by atoms with E-state index in [1.54, 1.807) is 11.3 Å². The number of rotatable bonds is 5. The Balaban J connectivity index is 1.62. The summed E-state index contributed by atoms with van der Waals surface area (Å²) in [6.07, 6.45) is 2.17. The standard InChI is InChI=1S/C16H17NO2S/c1-2-19-15(18)8-7-12-10-20-16(17-12)14-9-11-5-3-4-6-13(11)14/h3-6,10,14H,2,7-9H2,1H3. The molecule has 1 heterocycles. The van der Waals surface area contributed by atoms with Gasteiger partial charge in [-0.25, -0.2) is 4.98 Å². The van der Waals surface area contributed by atoms with Gasteiger partial charge in [-0.1, -0.05) is 24.3 Å². The molecule has 3 rings (SSSR count). The lowest BCUT2D eigenvalue weighted by Gasteiger charge is -2.28. The van der Waals surface area contributed by atoms with Crippen LogP contribution in [0.25, 0.3) is 0 Å². The summed E-state index contributed by atoms with van der Waals surface area (Å²) in [5.74, 6) is 0.309. The maximum Gasteiger partial charge on any atom is 0.306 e. The molecular formula is C16H17NO2S. The Morgan fingerprint density at radius 2 is 2.30 bits per heavy atom. The Kier molecular flexibility index (Phi) is 3.83. The molecule has 0 saturated carbocycles. The van der Waals surface area contributed by atoms with Gasteiger partial charge in [0.2, 0.25) is 0 Å². The van der Waals surface area contributed by atoms with E-state index in [0.29, 0.717) is 25.4 Å². The number of carbonyl (C=O) groups is 1. The molecule has 0 radical (unpaired) electrons. The van der Waals surface area contributed by atoms with Crippen LogP contribution in [0.3, 0.4) is 0 Å². The number of aromatic nitrogens is 1. The fourth-order valence-electron chi connectivity index (χ4n) is 2.54. The van der Waals surface area contributed by atoms with Crippen molar-refractivity contribution in [2.24, 2.45) is 0 Å². The van der Waals surface area contributed by atoms with E-state index in [-0.39, 0.29) is 5.97 Å². The Hall–Kier alpha value is -1.68. The lowest BCUT2D eigenvalue weighted by atomic mass is 9.78. The SMILES string of the molecule is CCOC(=O)CCc1csc(C2Cc3ccccc32)n1. The van der Waals surface area contributed by atoms with Crippen molar-refractivity contribution >= 4 is 17.3 Å². The van der Waals surface area contributed by atoms with Gasteiger partial charge in [0.15, 0.2) is 0 Å². The van der Waals surface area contributed by atoms with Crippen LogP contribution in [-0.2, 0) is 22.4 Å². The molecular weight excluding hydrogens is 270 g/mol. The van der Waals surface area contributed by atoms with Crippen molar-refractivity contribution in [1.82, 2.24) is 4.98 Å². The molecule has 0 fully saturated rings. The molecule has 1 aromatic carbocycles. The minimum Gasteiger partial charge on any atom is -0.466 e. The number of ether oxygens (including phenoxy) is 1. The second-order valence-corrected chi connectivity index (χ2v) is 5.83. The number of carbonyl (C=O) groups excluding carboxylic acids is 1. The molecule has 0 bridgehead atoms. The predicted molar refractivity (Wildman–Crippen MR) is 79.1 cm³/mol. The zero-order valence-electron chi connectivity index (χ0n) is 11.5. The van der Waals surface area contributed by atoms with E-state index in [0.717, 1.165) is 12.1 Å². The van der Waals surface area contributed by atoms with Crippen LogP contribution in [0.1, 0.15) is 41.1 Å². The van der Waals surface area contributed by atoms with E-state index < -0.39 is 0 Å². The number of hydrogen-bond donors (Lipinski definition) is 0. The highest BCUT2D eigenvalue weighted by Gasteiger charge is 2.29. The molecule has 0 N–H and O–H groups in total. The first kappa shape index (κ1) is 13.3. The van der Waals surface area contributed by atoms with Gasteiger partial charge >= 0.3 is 5.97 Å². The van der Waals surface area contributed by atoms with Crippen LogP contribution in [-0.4, -0.2) is 17.6 Å². The number of aryl methyl sites for hydroxylation is 1. The van der Waals surface area contributed by atoms with Gasteiger partial charge in [0.25, 0.3) is 0 Å². The second-order valence-electron chi connectivity index (χ2n) is 4.94. The highest BCUT2D eigenvalue weighted by atomic mass is 32.1. The molecule has 1 atom stereocenters. The monoisotopic (exact) mass is 287 g/mol. The molecule has 0 saturated heterocycles. The van der Waals surface area contributed by atoms with Crippen molar-refractivity contribution in [2.45, 2.75) is 32.1 Å². The van der Waals surface area contributed by atoms with Crippen molar-refractivity contribution in [2.75, 3.05) is 6.61 Å². The zero-order chi connectivity index (χ0) is 13.9. The molecule has 0 spiro atoms. The van der Waals surface area contributed by atoms with Gasteiger partial charge in [0.1, 0.15) is 5.01 Å². The summed E-state index contributed by atoms with van der Waals surface area (Å²) in [6.45, 7) is 2.27. The number of benzene rings is 1. The third kappa shape index (κ3) is 2.61. The first-order valence-corrected chi connectivity index (χ1v) is 7.83. The second kappa shape index (κ2) is 5.75. The van der Waals surface area contributed by atoms with Crippen LogP contribution in [0.15, 0.2) is 29.6 Å². The zero-order valence-corrected chi connectivity index (χ0v) is 12.3. The number of nitrogens with zero attached hydrogens (tertiary/aromatic N) is 1. The van der Waals surface area contributed by atoms with E-state index in [4.69, 9.17) is 4.74 Å². The van der Waals surface area contributed by atoms with Crippen LogP contribution in [0.4, 0.5) is 0 Å². The van der Waals surface area contributed by atoms with Crippen LogP contribution in [0, 0.1) is 0 Å². The summed E-state index contributed by atoms with van der Waals surface area (Å²) in [6, 6.07) is 8.53. The van der Waals surface area contributed by atoms with Crippen LogP contribution in [0.5, 0.6) is 0 Å². The summed E-state index contributed by atoms with van der Waals surface area (Å²) in [5.41, 5.74) is 3.84. The maximum absolute atomic E-state index is 11.3. The van der Waals surface area contributed by atoms with Gasteiger partial charge < -0.3 is 4.74 Å². The lowest BCUT2D eigenvalue weighted by Crippen LogP contribution is -2.17. The third-order valence-electron chi connectivity index (χ3n) is 3.61. The summed E-state index contributed by atoms with van der Waals surface area (Å²) >= 11 is 1.70. The Bertz CT molecular complexity index is 620. The van der Waals surface area contributed by atoms with E-state index in [9.17, 15) is 4.79 Å². The maximum atomic E-state index is 11.3. The fourth-order valence-corrected chi connectivity index (χ4v) is 3.51. The lowest BCUT2D eigenvalue weighted by molar-refractivity contribution is -0.143. The summed E-state index contributed by atoms with van der Waals surface area (Å²) in [4.78, 5) is 16.0. The normalized spacial score (nSPS) is 16.4. The van der Waals surface area contributed by atoms with Gasteiger partial charge in [0.05, 0.1) is 18.7 Å². The predicted octanol–water partition coefficient (Wildman–Crippen LogP) is 3.33. The molecule has 2 aromatic rings. The van der Waals surface area contributed by atoms with Crippen LogP contribution in [0.2, 0.25) is 0 Å².